The Kier molecular flexibility index (Phi) is 3.86. The largest absolute Gasteiger partial charge is 0.389 e. The van der Waals surface area contributed by atoms with Crippen LogP contribution < -0.4 is 0 Å². The van der Waals surface area contributed by atoms with E-state index in [4.69, 9.17) is 0 Å². The van der Waals surface area contributed by atoms with E-state index in [-0.39, 0.29) is 11.5 Å². The Hall–Kier alpha value is -0.840. The first kappa shape index (κ1) is 12.6. The first-order valence-corrected chi connectivity index (χ1v) is 6.39. The Bertz CT molecular complexity index is 431. The lowest BCUT2D eigenvalue weighted by Gasteiger charge is -2.20. The number of aryl methyl sites for hydroxylation is 1. The summed E-state index contributed by atoms with van der Waals surface area (Å²) in [6.45, 7) is 0. The van der Waals surface area contributed by atoms with Crippen molar-refractivity contribution in [1.29, 1.82) is 0 Å². The van der Waals surface area contributed by atoms with Crippen LogP contribution in [0.15, 0.2) is 18.2 Å². The maximum atomic E-state index is 11.7. The van der Waals surface area contributed by atoms with Crippen LogP contribution in [0, 0.1) is 0 Å². The third-order valence-corrected chi connectivity index (χ3v) is 3.55. The molecule has 92 valence electrons. The molecule has 1 aliphatic carbocycles. The Morgan fingerprint density at radius 1 is 1.29 bits per heavy atom. The second kappa shape index (κ2) is 5.21. The van der Waals surface area contributed by atoms with Gasteiger partial charge in [-0.25, -0.2) is 0 Å². The summed E-state index contributed by atoms with van der Waals surface area (Å²) < 4.78 is 0. The highest BCUT2D eigenvalue weighted by atomic mass is 32.1. The molecule has 1 aliphatic rings. The van der Waals surface area contributed by atoms with Gasteiger partial charge < -0.3 is 10.2 Å². The van der Waals surface area contributed by atoms with Crippen LogP contribution in [0.25, 0.3) is 0 Å². The SMILES string of the molecule is O=C1CCCc2ccc(C(O)C(O)CS)cc21. The molecule has 0 saturated carbocycles. The molecule has 4 heteroatoms. The van der Waals surface area contributed by atoms with Crippen LogP contribution in [-0.2, 0) is 6.42 Å². The summed E-state index contributed by atoms with van der Waals surface area (Å²) in [7, 11) is 0. The number of thiol groups is 1. The molecule has 3 nitrogen and oxygen atoms in total. The molecule has 0 amide bonds. The zero-order valence-corrected chi connectivity index (χ0v) is 10.4. The van der Waals surface area contributed by atoms with E-state index < -0.39 is 12.2 Å². The molecule has 2 unspecified atom stereocenters. The molecule has 17 heavy (non-hydrogen) atoms. The van der Waals surface area contributed by atoms with Gasteiger partial charge in [0.1, 0.15) is 6.10 Å². The number of carbonyl (C=O) groups excluding carboxylic acids is 1. The average Bonchev–Trinajstić information content (AvgIpc) is 2.37. The summed E-state index contributed by atoms with van der Waals surface area (Å²) >= 11 is 3.94. The molecule has 0 aromatic heterocycles. The van der Waals surface area contributed by atoms with E-state index in [2.05, 4.69) is 12.6 Å². The quantitative estimate of drug-likeness (QED) is 0.715. The highest BCUT2D eigenvalue weighted by molar-refractivity contribution is 7.80. The second-order valence-corrected chi connectivity index (χ2v) is 4.75. The zero-order chi connectivity index (χ0) is 12.4. The van der Waals surface area contributed by atoms with Gasteiger partial charge in [0.15, 0.2) is 5.78 Å². The van der Waals surface area contributed by atoms with Gasteiger partial charge in [0.05, 0.1) is 6.10 Å². The fourth-order valence-electron chi connectivity index (χ4n) is 2.15. The number of benzene rings is 1. The lowest BCUT2D eigenvalue weighted by Crippen LogP contribution is -2.21. The van der Waals surface area contributed by atoms with Crippen molar-refractivity contribution in [2.75, 3.05) is 5.75 Å². The van der Waals surface area contributed by atoms with E-state index >= 15 is 0 Å². The van der Waals surface area contributed by atoms with Gasteiger partial charge in [-0.1, -0.05) is 12.1 Å². The van der Waals surface area contributed by atoms with Gasteiger partial charge in [-0.3, -0.25) is 4.79 Å². The maximum Gasteiger partial charge on any atom is 0.163 e. The summed E-state index contributed by atoms with van der Waals surface area (Å²) in [5, 5.41) is 19.4. The fraction of sp³-hybridized carbons (Fsp3) is 0.462. The molecule has 0 spiro atoms. The zero-order valence-electron chi connectivity index (χ0n) is 9.47. The molecular formula is C13H16O3S. The summed E-state index contributed by atoms with van der Waals surface area (Å²) in [6, 6.07) is 5.35. The first-order valence-electron chi connectivity index (χ1n) is 5.76. The summed E-state index contributed by atoms with van der Waals surface area (Å²) in [5.41, 5.74) is 2.32. The molecular weight excluding hydrogens is 236 g/mol. The van der Waals surface area contributed by atoms with Gasteiger partial charge in [0, 0.05) is 17.7 Å². The van der Waals surface area contributed by atoms with E-state index in [9.17, 15) is 15.0 Å². The van der Waals surface area contributed by atoms with Crippen molar-refractivity contribution < 1.29 is 15.0 Å². The molecule has 0 bridgehead atoms. The molecule has 0 radical (unpaired) electrons. The number of ketones is 1. The van der Waals surface area contributed by atoms with Crippen molar-refractivity contribution in [2.24, 2.45) is 0 Å². The minimum absolute atomic E-state index is 0.126. The standard InChI is InChI=1S/C13H16O3S/c14-11-3-1-2-8-4-5-9(6-10(8)11)13(16)12(15)7-17/h4-6,12-13,15-17H,1-3,7H2. The highest BCUT2D eigenvalue weighted by Crippen LogP contribution is 2.26. The van der Waals surface area contributed by atoms with Gasteiger partial charge in [-0.2, -0.15) is 12.6 Å². The van der Waals surface area contributed by atoms with Crippen LogP contribution in [0.1, 0.15) is 40.4 Å². The summed E-state index contributed by atoms with van der Waals surface area (Å²) in [5.74, 6) is 0.312. The topological polar surface area (TPSA) is 57.5 Å². The minimum atomic E-state index is -0.979. The van der Waals surface area contributed by atoms with Crippen molar-refractivity contribution in [3.05, 3.63) is 34.9 Å². The number of fused-ring (bicyclic) bond motifs is 1. The normalized spacial score (nSPS) is 18.6. The van der Waals surface area contributed by atoms with Crippen molar-refractivity contribution >= 4 is 18.4 Å². The predicted octanol–water partition coefficient (Wildman–Crippen LogP) is 1.53. The molecule has 0 saturated heterocycles. The van der Waals surface area contributed by atoms with E-state index in [1.807, 2.05) is 6.07 Å². The Morgan fingerprint density at radius 2 is 2.06 bits per heavy atom. The Morgan fingerprint density at radius 3 is 2.76 bits per heavy atom. The first-order chi connectivity index (χ1) is 8.13. The Labute approximate surface area is 106 Å². The van der Waals surface area contributed by atoms with Crippen molar-refractivity contribution in [3.8, 4) is 0 Å². The highest BCUT2D eigenvalue weighted by Gasteiger charge is 2.21. The number of aliphatic hydroxyl groups excluding tert-OH is 2. The summed E-state index contributed by atoms with van der Waals surface area (Å²) in [6.07, 6.45) is 0.490. The molecule has 0 aliphatic heterocycles. The van der Waals surface area contributed by atoms with Gasteiger partial charge >= 0.3 is 0 Å². The van der Waals surface area contributed by atoms with Crippen LogP contribution in [0.3, 0.4) is 0 Å². The molecule has 2 rings (SSSR count). The summed E-state index contributed by atoms with van der Waals surface area (Å²) in [4.78, 5) is 11.7. The van der Waals surface area contributed by atoms with Crippen LogP contribution in [0.2, 0.25) is 0 Å². The number of hydrogen-bond acceptors (Lipinski definition) is 4. The lowest BCUT2D eigenvalue weighted by atomic mass is 9.88. The van der Waals surface area contributed by atoms with E-state index in [0.717, 1.165) is 18.4 Å². The predicted molar refractivity (Wildman–Crippen MR) is 68.5 cm³/mol. The lowest BCUT2D eigenvalue weighted by molar-refractivity contribution is 0.0337. The fourth-order valence-corrected chi connectivity index (χ4v) is 2.35. The number of Topliss-reactive ketones (excluding diaryl/α,β-unsaturated/α-hetero) is 1. The number of rotatable bonds is 3. The third kappa shape index (κ3) is 2.54. The van der Waals surface area contributed by atoms with E-state index in [0.29, 0.717) is 17.5 Å². The van der Waals surface area contributed by atoms with Gasteiger partial charge in [0.25, 0.3) is 0 Å². The van der Waals surface area contributed by atoms with Crippen molar-refractivity contribution in [1.82, 2.24) is 0 Å². The number of aliphatic hydroxyl groups is 2. The van der Waals surface area contributed by atoms with Gasteiger partial charge in [0.2, 0.25) is 0 Å². The van der Waals surface area contributed by atoms with Crippen LogP contribution in [0.5, 0.6) is 0 Å². The molecule has 1 aromatic carbocycles. The molecule has 2 N–H and O–H groups in total. The van der Waals surface area contributed by atoms with Crippen LogP contribution >= 0.6 is 12.6 Å². The minimum Gasteiger partial charge on any atom is -0.389 e. The number of hydrogen-bond donors (Lipinski definition) is 3. The van der Waals surface area contributed by atoms with Crippen LogP contribution in [0.4, 0.5) is 0 Å². The van der Waals surface area contributed by atoms with Gasteiger partial charge in [-0.05, 0) is 30.0 Å². The molecule has 2 atom stereocenters. The van der Waals surface area contributed by atoms with Gasteiger partial charge in [-0.15, -0.1) is 0 Å². The molecule has 0 heterocycles. The maximum absolute atomic E-state index is 11.7. The van der Waals surface area contributed by atoms with Crippen LogP contribution in [-0.4, -0.2) is 27.9 Å². The number of carbonyl (C=O) groups is 1. The molecule has 1 aromatic rings. The second-order valence-electron chi connectivity index (χ2n) is 4.39. The average molecular weight is 252 g/mol. The molecule has 0 fully saturated rings. The smallest absolute Gasteiger partial charge is 0.163 e. The van der Waals surface area contributed by atoms with Crippen molar-refractivity contribution in [2.45, 2.75) is 31.5 Å². The van der Waals surface area contributed by atoms with E-state index in [1.165, 1.54) is 0 Å². The van der Waals surface area contributed by atoms with E-state index in [1.54, 1.807) is 12.1 Å². The third-order valence-electron chi connectivity index (χ3n) is 3.18. The Balaban J connectivity index is 2.32. The van der Waals surface area contributed by atoms with Crippen molar-refractivity contribution in [3.63, 3.8) is 0 Å². The monoisotopic (exact) mass is 252 g/mol.